The molecule has 28 heavy (non-hydrogen) atoms. The van der Waals surface area contributed by atoms with Gasteiger partial charge in [-0.3, -0.25) is 4.79 Å². The smallest absolute Gasteiger partial charge is 0.339 e. The van der Waals surface area contributed by atoms with Crippen LogP contribution in [0.2, 0.25) is 5.02 Å². The summed E-state index contributed by atoms with van der Waals surface area (Å²) in [4.78, 5) is 24.5. The molecule has 150 valence electrons. The zero-order valence-electron chi connectivity index (χ0n) is 15.3. The van der Waals surface area contributed by atoms with Crippen LogP contribution in [0, 0.1) is 11.6 Å². The number of hydrogen-bond acceptors (Lipinski definition) is 5. The number of carbonyl (C=O) groups excluding carboxylic acids is 2. The van der Waals surface area contributed by atoms with Gasteiger partial charge < -0.3 is 19.5 Å². The standard InChI is InChI=1S/C19H18ClF2NO5/c1-4-27-17-12(20)8-11(9-15(17)26-3)19(25)28-10(2)18(24)23-16-13(21)6-5-7-14(16)22/h5-10H,4H2,1-3H3,(H,23,24)/t10-/m1/s1. The van der Waals surface area contributed by atoms with Gasteiger partial charge in [0.2, 0.25) is 0 Å². The third kappa shape index (κ3) is 4.89. The number of benzene rings is 2. The molecule has 1 amide bonds. The van der Waals surface area contributed by atoms with Gasteiger partial charge >= 0.3 is 5.97 Å². The maximum atomic E-state index is 13.6. The molecule has 6 nitrogen and oxygen atoms in total. The van der Waals surface area contributed by atoms with Gasteiger partial charge in [-0.1, -0.05) is 17.7 Å². The fourth-order valence-electron chi connectivity index (χ4n) is 2.25. The summed E-state index contributed by atoms with van der Waals surface area (Å²) in [7, 11) is 1.38. The van der Waals surface area contributed by atoms with E-state index < -0.39 is 35.3 Å². The Labute approximate surface area is 165 Å². The number of carbonyl (C=O) groups is 2. The van der Waals surface area contributed by atoms with Crippen LogP contribution >= 0.6 is 11.6 Å². The second-order valence-electron chi connectivity index (χ2n) is 5.56. The van der Waals surface area contributed by atoms with Crippen molar-refractivity contribution in [1.82, 2.24) is 0 Å². The van der Waals surface area contributed by atoms with E-state index in [1.807, 2.05) is 0 Å². The number of nitrogens with one attached hydrogen (secondary N) is 1. The minimum absolute atomic E-state index is 0.0158. The number of ether oxygens (including phenoxy) is 3. The van der Waals surface area contributed by atoms with Crippen LogP contribution in [-0.2, 0) is 9.53 Å². The SMILES string of the molecule is CCOc1c(Cl)cc(C(=O)O[C@H](C)C(=O)Nc2c(F)cccc2F)cc1OC. The second kappa shape index (κ2) is 9.36. The van der Waals surface area contributed by atoms with E-state index in [1.54, 1.807) is 6.92 Å². The van der Waals surface area contributed by atoms with E-state index in [2.05, 4.69) is 5.32 Å². The van der Waals surface area contributed by atoms with Crippen LogP contribution in [0.25, 0.3) is 0 Å². The summed E-state index contributed by atoms with van der Waals surface area (Å²) in [5, 5.41) is 2.18. The molecule has 0 aliphatic rings. The van der Waals surface area contributed by atoms with Crippen molar-refractivity contribution < 1.29 is 32.6 Å². The molecule has 2 aromatic rings. The van der Waals surface area contributed by atoms with E-state index in [0.29, 0.717) is 6.61 Å². The van der Waals surface area contributed by atoms with Gasteiger partial charge in [-0.2, -0.15) is 0 Å². The number of hydrogen-bond donors (Lipinski definition) is 1. The number of amides is 1. The quantitative estimate of drug-likeness (QED) is 0.688. The third-order valence-electron chi connectivity index (χ3n) is 3.62. The van der Waals surface area contributed by atoms with Gasteiger partial charge in [0, 0.05) is 0 Å². The molecular weight excluding hydrogens is 396 g/mol. The summed E-state index contributed by atoms with van der Waals surface area (Å²) in [6.07, 6.45) is -1.33. The molecule has 0 saturated carbocycles. The molecule has 0 heterocycles. The molecule has 1 N–H and O–H groups in total. The van der Waals surface area contributed by atoms with Crippen LogP contribution < -0.4 is 14.8 Å². The van der Waals surface area contributed by atoms with Crippen molar-refractivity contribution in [3.63, 3.8) is 0 Å². The van der Waals surface area contributed by atoms with E-state index in [9.17, 15) is 18.4 Å². The Morgan fingerprint density at radius 1 is 1.21 bits per heavy atom. The largest absolute Gasteiger partial charge is 0.493 e. The third-order valence-corrected chi connectivity index (χ3v) is 3.90. The van der Waals surface area contributed by atoms with Gasteiger partial charge in [0.15, 0.2) is 17.6 Å². The first kappa shape index (κ1) is 21.4. The summed E-state index contributed by atoms with van der Waals surface area (Å²) < 4.78 is 42.8. The van der Waals surface area contributed by atoms with Crippen LogP contribution in [0.3, 0.4) is 0 Å². The average Bonchev–Trinajstić information content (AvgIpc) is 2.65. The van der Waals surface area contributed by atoms with Crippen molar-refractivity contribution in [3.05, 3.63) is 52.6 Å². The molecule has 0 aliphatic heterocycles. The van der Waals surface area contributed by atoms with Gasteiger partial charge in [-0.15, -0.1) is 0 Å². The molecule has 1 atom stereocenters. The average molecular weight is 414 g/mol. The normalized spacial score (nSPS) is 11.5. The van der Waals surface area contributed by atoms with Gasteiger partial charge in [-0.05, 0) is 38.1 Å². The lowest BCUT2D eigenvalue weighted by atomic mass is 10.2. The first-order valence-corrected chi connectivity index (χ1v) is 8.62. The van der Waals surface area contributed by atoms with E-state index in [4.69, 9.17) is 25.8 Å². The van der Waals surface area contributed by atoms with Crippen LogP contribution in [0.15, 0.2) is 30.3 Å². The van der Waals surface area contributed by atoms with Crippen molar-refractivity contribution in [2.24, 2.45) is 0 Å². The predicted octanol–water partition coefficient (Wildman–Crippen LogP) is 4.21. The molecular formula is C19H18ClF2NO5. The Kier molecular flexibility index (Phi) is 7.17. The summed E-state index contributed by atoms with van der Waals surface area (Å²) in [5.41, 5.74) is -0.608. The Bertz CT molecular complexity index is 871. The maximum Gasteiger partial charge on any atom is 0.339 e. The fourth-order valence-corrected chi connectivity index (χ4v) is 2.51. The molecule has 0 aromatic heterocycles. The van der Waals surface area contributed by atoms with Crippen molar-refractivity contribution in [3.8, 4) is 11.5 Å². The Morgan fingerprint density at radius 2 is 1.86 bits per heavy atom. The van der Waals surface area contributed by atoms with Crippen molar-refractivity contribution in [2.75, 3.05) is 19.0 Å². The molecule has 0 radical (unpaired) electrons. The molecule has 2 rings (SSSR count). The van der Waals surface area contributed by atoms with E-state index in [0.717, 1.165) is 18.2 Å². The predicted molar refractivity (Wildman–Crippen MR) is 99.0 cm³/mol. The number of para-hydroxylation sites is 1. The lowest BCUT2D eigenvalue weighted by molar-refractivity contribution is -0.123. The zero-order valence-corrected chi connectivity index (χ0v) is 16.1. The molecule has 0 aliphatic carbocycles. The van der Waals surface area contributed by atoms with Crippen molar-refractivity contribution in [2.45, 2.75) is 20.0 Å². The van der Waals surface area contributed by atoms with E-state index >= 15 is 0 Å². The Hall–Kier alpha value is -2.87. The highest BCUT2D eigenvalue weighted by Crippen LogP contribution is 2.36. The molecule has 0 bridgehead atoms. The molecule has 2 aromatic carbocycles. The number of rotatable bonds is 7. The van der Waals surface area contributed by atoms with Gasteiger partial charge in [0.05, 0.1) is 24.3 Å². The van der Waals surface area contributed by atoms with E-state index in [-0.39, 0.29) is 22.1 Å². The Balaban J connectivity index is 2.13. The lowest BCUT2D eigenvalue weighted by Gasteiger charge is -2.16. The fraction of sp³-hybridized carbons (Fsp3) is 0.263. The molecule has 0 fully saturated rings. The van der Waals surface area contributed by atoms with E-state index in [1.165, 1.54) is 26.2 Å². The highest BCUT2D eigenvalue weighted by Gasteiger charge is 2.23. The van der Waals surface area contributed by atoms with Gasteiger partial charge in [-0.25, -0.2) is 13.6 Å². The van der Waals surface area contributed by atoms with Gasteiger partial charge in [0.1, 0.15) is 17.3 Å². The van der Waals surface area contributed by atoms with Gasteiger partial charge in [0.25, 0.3) is 5.91 Å². The lowest BCUT2D eigenvalue weighted by Crippen LogP contribution is -2.30. The van der Waals surface area contributed by atoms with Crippen LogP contribution in [0.4, 0.5) is 14.5 Å². The summed E-state index contributed by atoms with van der Waals surface area (Å²) in [6.45, 7) is 3.36. The minimum atomic E-state index is -1.33. The molecule has 0 spiro atoms. The summed E-state index contributed by atoms with van der Waals surface area (Å²) >= 11 is 6.10. The number of esters is 1. The first-order chi connectivity index (χ1) is 13.3. The highest BCUT2D eigenvalue weighted by atomic mass is 35.5. The highest BCUT2D eigenvalue weighted by molar-refractivity contribution is 6.32. The molecule has 0 saturated heterocycles. The monoisotopic (exact) mass is 413 g/mol. The Morgan fingerprint density at radius 3 is 2.43 bits per heavy atom. The second-order valence-corrected chi connectivity index (χ2v) is 5.96. The summed E-state index contributed by atoms with van der Waals surface area (Å²) in [5.74, 6) is -3.19. The minimum Gasteiger partial charge on any atom is -0.493 e. The van der Waals surface area contributed by atoms with Crippen LogP contribution in [-0.4, -0.2) is 31.7 Å². The number of methoxy groups -OCH3 is 1. The number of halogens is 3. The van der Waals surface area contributed by atoms with Crippen molar-refractivity contribution >= 4 is 29.2 Å². The van der Waals surface area contributed by atoms with Crippen LogP contribution in [0.1, 0.15) is 24.2 Å². The maximum absolute atomic E-state index is 13.6. The zero-order chi connectivity index (χ0) is 20.8. The van der Waals surface area contributed by atoms with Crippen molar-refractivity contribution in [1.29, 1.82) is 0 Å². The molecule has 0 unspecified atom stereocenters. The first-order valence-electron chi connectivity index (χ1n) is 8.24. The molecule has 9 heteroatoms. The topological polar surface area (TPSA) is 73.9 Å². The summed E-state index contributed by atoms with van der Waals surface area (Å²) in [6, 6.07) is 5.79. The number of anilines is 1. The van der Waals surface area contributed by atoms with Crippen LogP contribution in [0.5, 0.6) is 11.5 Å².